The van der Waals surface area contributed by atoms with Gasteiger partial charge in [-0.2, -0.15) is 0 Å². The Morgan fingerprint density at radius 2 is 1.62 bits per heavy atom. The summed E-state index contributed by atoms with van der Waals surface area (Å²) >= 11 is 1.72. The first-order valence-electron chi connectivity index (χ1n) is 7.22. The van der Waals surface area contributed by atoms with Gasteiger partial charge in [0, 0.05) is 9.79 Å². The molecule has 0 unspecified atom stereocenters. The SMILES string of the molecule is CCc1ccc(Sc2ccc(CC(=O)O)c(CC)c2)cc1. The molecule has 0 aliphatic rings. The number of hydrogen-bond acceptors (Lipinski definition) is 2. The van der Waals surface area contributed by atoms with Crippen LogP contribution >= 0.6 is 11.8 Å². The number of benzene rings is 2. The molecule has 0 aliphatic carbocycles. The topological polar surface area (TPSA) is 37.3 Å². The predicted octanol–water partition coefficient (Wildman–Crippen LogP) is 4.59. The average Bonchev–Trinajstić information content (AvgIpc) is 2.49. The van der Waals surface area contributed by atoms with Crippen LogP contribution in [0.15, 0.2) is 52.3 Å². The molecule has 0 spiro atoms. The number of hydrogen-bond donors (Lipinski definition) is 1. The van der Waals surface area contributed by atoms with Crippen molar-refractivity contribution in [3.05, 3.63) is 59.2 Å². The molecule has 2 aromatic rings. The van der Waals surface area contributed by atoms with Crippen LogP contribution < -0.4 is 0 Å². The van der Waals surface area contributed by atoms with E-state index < -0.39 is 5.97 Å². The quantitative estimate of drug-likeness (QED) is 0.848. The molecule has 1 N–H and O–H groups in total. The second-order valence-electron chi connectivity index (χ2n) is 4.95. The lowest BCUT2D eigenvalue weighted by molar-refractivity contribution is -0.136. The van der Waals surface area contributed by atoms with E-state index in [-0.39, 0.29) is 6.42 Å². The van der Waals surface area contributed by atoms with Gasteiger partial charge >= 0.3 is 5.97 Å². The zero-order valence-corrected chi connectivity index (χ0v) is 13.2. The van der Waals surface area contributed by atoms with Gasteiger partial charge in [-0.15, -0.1) is 0 Å². The van der Waals surface area contributed by atoms with E-state index in [1.165, 1.54) is 10.5 Å². The number of aryl methyl sites for hydroxylation is 2. The third-order valence-corrected chi connectivity index (χ3v) is 4.47. The third-order valence-electron chi connectivity index (χ3n) is 3.47. The van der Waals surface area contributed by atoms with Crippen LogP contribution in [0.2, 0.25) is 0 Å². The molecular formula is C18H20O2S. The number of carbonyl (C=O) groups is 1. The molecule has 3 heteroatoms. The van der Waals surface area contributed by atoms with E-state index in [1.54, 1.807) is 11.8 Å². The lowest BCUT2D eigenvalue weighted by Crippen LogP contribution is -2.03. The molecule has 0 heterocycles. The highest BCUT2D eigenvalue weighted by Crippen LogP contribution is 2.29. The Labute approximate surface area is 130 Å². The maximum atomic E-state index is 10.9. The number of aliphatic carboxylic acids is 1. The molecule has 0 bridgehead atoms. The zero-order valence-electron chi connectivity index (χ0n) is 12.4. The normalized spacial score (nSPS) is 10.6. The van der Waals surface area contributed by atoms with Gasteiger partial charge in [0.15, 0.2) is 0 Å². The van der Waals surface area contributed by atoms with Crippen LogP contribution in [0.25, 0.3) is 0 Å². The summed E-state index contributed by atoms with van der Waals surface area (Å²) < 4.78 is 0. The monoisotopic (exact) mass is 300 g/mol. The van der Waals surface area contributed by atoms with E-state index in [2.05, 4.69) is 44.2 Å². The Morgan fingerprint density at radius 3 is 2.19 bits per heavy atom. The summed E-state index contributed by atoms with van der Waals surface area (Å²) in [6.07, 6.45) is 2.00. The minimum Gasteiger partial charge on any atom is -0.481 e. The summed E-state index contributed by atoms with van der Waals surface area (Å²) in [6, 6.07) is 14.6. The Hall–Kier alpha value is -1.74. The van der Waals surface area contributed by atoms with Crippen molar-refractivity contribution in [2.45, 2.75) is 42.9 Å². The van der Waals surface area contributed by atoms with Gasteiger partial charge in [-0.1, -0.05) is 43.8 Å². The smallest absolute Gasteiger partial charge is 0.307 e. The lowest BCUT2D eigenvalue weighted by Gasteiger charge is -2.09. The molecule has 0 radical (unpaired) electrons. The molecule has 0 aliphatic heterocycles. The van der Waals surface area contributed by atoms with E-state index >= 15 is 0 Å². The average molecular weight is 300 g/mol. The Morgan fingerprint density at radius 1 is 0.952 bits per heavy atom. The van der Waals surface area contributed by atoms with Crippen LogP contribution in [0.4, 0.5) is 0 Å². The Balaban J connectivity index is 2.17. The van der Waals surface area contributed by atoms with E-state index in [9.17, 15) is 4.79 Å². The van der Waals surface area contributed by atoms with E-state index in [4.69, 9.17) is 5.11 Å². The molecule has 2 rings (SSSR count). The first-order chi connectivity index (χ1) is 10.1. The van der Waals surface area contributed by atoms with Gasteiger partial charge in [0.2, 0.25) is 0 Å². The van der Waals surface area contributed by atoms with Gasteiger partial charge < -0.3 is 5.11 Å². The van der Waals surface area contributed by atoms with E-state index in [0.717, 1.165) is 28.9 Å². The van der Waals surface area contributed by atoms with Crippen LogP contribution in [-0.2, 0) is 24.1 Å². The van der Waals surface area contributed by atoms with Gasteiger partial charge in [0.25, 0.3) is 0 Å². The van der Waals surface area contributed by atoms with Crippen LogP contribution in [0, 0.1) is 0 Å². The molecule has 0 aromatic heterocycles. The minimum atomic E-state index is -0.778. The molecule has 0 fully saturated rings. The highest BCUT2D eigenvalue weighted by atomic mass is 32.2. The van der Waals surface area contributed by atoms with Crippen molar-refractivity contribution in [3.63, 3.8) is 0 Å². The van der Waals surface area contributed by atoms with Crippen LogP contribution in [0.5, 0.6) is 0 Å². The van der Waals surface area contributed by atoms with E-state index in [0.29, 0.717) is 0 Å². The largest absolute Gasteiger partial charge is 0.481 e. The first kappa shape index (κ1) is 15.6. The van der Waals surface area contributed by atoms with E-state index in [1.807, 2.05) is 12.1 Å². The van der Waals surface area contributed by atoms with Gasteiger partial charge in [0.1, 0.15) is 0 Å². The fraction of sp³-hybridized carbons (Fsp3) is 0.278. The van der Waals surface area contributed by atoms with Crippen molar-refractivity contribution < 1.29 is 9.90 Å². The van der Waals surface area contributed by atoms with Gasteiger partial charge in [-0.3, -0.25) is 4.79 Å². The van der Waals surface area contributed by atoms with Crippen molar-refractivity contribution >= 4 is 17.7 Å². The molecule has 2 nitrogen and oxygen atoms in total. The first-order valence-corrected chi connectivity index (χ1v) is 8.04. The van der Waals surface area contributed by atoms with Gasteiger partial charge in [0.05, 0.1) is 6.42 Å². The second-order valence-corrected chi connectivity index (χ2v) is 6.10. The number of carboxylic acids is 1. The molecule has 0 saturated carbocycles. The lowest BCUT2D eigenvalue weighted by atomic mass is 10.0. The van der Waals surface area contributed by atoms with Gasteiger partial charge in [-0.05, 0) is 53.8 Å². The zero-order chi connectivity index (χ0) is 15.2. The third kappa shape index (κ3) is 4.36. The highest BCUT2D eigenvalue weighted by Gasteiger charge is 2.07. The van der Waals surface area contributed by atoms with Gasteiger partial charge in [-0.25, -0.2) is 0 Å². The Bertz CT molecular complexity index is 618. The van der Waals surface area contributed by atoms with Crippen molar-refractivity contribution in [1.82, 2.24) is 0 Å². The molecule has 0 amide bonds. The molecular weight excluding hydrogens is 280 g/mol. The molecule has 110 valence electrons. The molecule has 21 heavy (non-hydrogen) atoms. The number of rotatable bonds is 6. The molecule has 0 atom stereocenters. The summed E-state index contributed by atoms with van der Waals surface area (Å²) in [5, 5.41) is 8.94. The van der Waals surface area contributed by atoms with Crippen molar-refractivity contribution in [3.8, 4) is 0 Å². The Kier molecular flexibility index (Phi) is 5.45. The summed E-state index contributed by atoms with van der Waals surface area (Å²) in [7, 11) is 0. The minimum absolute atomic E-state index is 0.0965. The molecule has 2 aromatic carbocycles. The molecule has 0 saturated heterocycles. The van der Waals surface area contributed by atoms with Crippen molar-refractivity contribution in [1.29, 1.82) is 0 Å². The summed E-state index contributed by atoms with van der Waals surface area (Å²) in [5.41, 5.74) is 3.37. The fourth-order valence-corrected chi connectivity index (χ4v) is 3.14. The van der Waals surface area contributed by atoms with Crippen LogP contribution in [0.1, 0.15) is 30.5 Å². The standard InChI is InChI=1S/C18H20O2S/c1-3-13-5-8-16(9-6-13)21-17-10-7-15(12-18(19)20)14(4-2)11-17/h5-11H,3-4,12H2,1-2H3,(H,19,20). The summed E-state index contributed by atoms with van der Waals surface area (Å²) in [5.74, 6) is -0.778. The maximum Gasteiger partial charge on any atom is 0.307 e. The summed E-state index contributed by atoms with van der Waals surface area (Å²) in [6.45, 7) is 4.21. The van der Waals surface area contributed by atoms with Crippen LogP contribution in [0.3, 0.4) is 0 Å². The maximum absolute atomic E-state index is 10.9. The number of carboxylic acid groups (broad SMARTS) is 1. The van der Waals surface area contributed by atoms with Crippen LogP contribution in [-0.4, -0.2) is 11.1 Å². The van der Waals surface area contributed by atoms with Crippen molar-refractivity contribution in [2.24, 2.45) is 0 Å². The van der Waals surface area contributed by atoms with Crippen molar-refractivity contribution in [2.75, 3.05) is 0 Å². The fourth-order valence-electron chi connectivity index (χ4n) is 2.26. The predicted molar refractivity (Wildman–Crippen MR) is 87.1 cm³/mol. The second kappa shape index (κ2) is 7.32. The highest BCUT2D eigenvalue weighted by molar-refractivity contribution is 7.99. The summed E-state index contributed by atoms with van der Waals surface area (Å²) in [4.78, 5) is 13.2.